The summed E-state index contributed by atoms with van der Waals surface area (Å²) >= 11 is 7.97. The lowest BCUT2D eigenvalue weighted by Crippen LogP contribution is -2.41. The minimum atomic E-state index is -0.687. The zero-order chi connectivity index (χ0) is 25.0. The molecule has 0 radical (unpaired) electrons. The standard InChI is InChI=1S/C27H25BClFN2O3S/c1-26(2)27(3,4)35-28(34-26)16-11-18(30)23-20-10-15-9-17(29)7-8-19(15)32(20)25(33-21(23)12-16)22-13-31-24(36-22)14-5-6-14/h7-14,25H,5-6H2,1-4H3. The van der Waals surface area contributed by atoms with Crippen LogP contribution in [-0.4, -0.2) is 27.9 Å². The molecule has 0 spiro atoms. The van der Waals surface area contributed by atoms with Crippen LogP contribution >= 0.6 is 22.9 Å². The van der Waals surface area contributed by atoms with Crippen LogP contribution in [0.15, 0.2) is 42.6 Å². The number of halogens is 2. The number of ether oxygens (including phenoxy) is 1. The number of fused-ring (bicyclic) bond motifs is 5. The molecule has 184 valence electrons. The van der Waals surface area contributed by atoms with Gasteiger partial charge in [-0.15, -0.1) is 11.3 Å². The number of rotatable bonds is 3. The summed E-state index contributed by atoms with van der Waals surface area (Å²) in [5.74, 6) is 0.632. The Balaban J connectivity index is 1.39. The highest BCUT2D eigenvalue weighted by molar-refractivity contribution is 7.11. The highest BCUT2D eigenvalue weighted by atomic mass is 35.5. The number of hydrogen-bond acceptors (Lipinski definition) is 5. The Labute approximate surface area is 218 Å². The predicted molar refractivity (Wildman–Crippen MR) is 141 cm³/mol. The molecule has 1 atom stereocenters. The molecule has 1 saturated heterocycles. The molecule has 0 bridgehead atoms. The van der Waals surface area contributed by atoms with Gasteiger partial charge in [0, 0.05) is 22.5 Å². The van der Waals surface area contributed by atoms with Crippen molar-refractivity contribution in [3.05, 3.63) is 63.3 Å². The molecule has 0 N–H and O–H groups in total. The number of hydrogen-bond donors (Lipinski definition) is 0. The van der Waals surface area contributed by atoms with Crippen LogP contribution in [0, 0.1) is 5.82 Å². The molecule has 5 nitrogen and oxygen atoms in total. The molecule has 3 aliphatic rings. The minimum absolute atomic E-state index is 0.381. The van der Waals surface area contributed by atoms with Crippen molar-refractivity contribution in [3.8, 4) is 17.0 Å². The van der Waals surface area contributed by atoms with Gasteiger partial charge < -0.3 is 14.0 Å². The summed E-state index contributed by atoms with van der Waals surface area (Å²) in [5.41, 5.74) is 1.64. The van der Waals surface area contributed by atoms with Crippen molar-refractivity contribution in [2.24, 2.45) is 0 Å². The van der Waals surface area contributed by atoms with E-state index in [0.29, 0.717) is 27.7 Å². The summed E-state index contributed by atoms with van der Waals surface area (Å²) in [5, 5.41) is 2.70. The van der Waals surface area contributed by atoms with Crippen molar-refractivity contribution in [1.82, 2.24) is 9.55 Å². The lowest BCUT2D eigenvalue weighted by atomic mass is 9.78. The molecule has 1 saturated carbocycles. The second-order valence-electron chi connectivity index (χ2n) is 10.9. The Morgan fingerprint density at radius 2 is 1.83 bits per heavy atom. The zero-order valence-electron chi connectivity index (χ0n) is 20.5. The van der Waals surface area contributed by atoms with E-state index >= 15 is 4.39 Å². The average Bonchev–Trinajstić information content (AvgIpc) is 3.34. The van der Waals surface area contributed by atoms with E-state index < -0.39 is 24.5 Å². The summed E-state index contributed by atoms with van der Waals surface area (Å²) in [4.78, 5) is 5.66. The molecular formula is C27H25BClFN2O3S. The Bertz CT molecular complexity index is 1530. The predicted octanol–water partition coefficient (Wildman–Crippen LogP) is 6.67. The number of benzene rings is 2. The second kappa shape index (κ2) is 7.57. The van der Waals surface area contributed by atoms with E-state index in [0.717, 1.165) is 26.5 Å². The number of nitrogens with zero attached hydrogens (tertiary/aromatic N) is 2. The van der Waals surface area contributed by atoms with Gasteiger partial charge in [-0.05, 0) is 82.4 Å². The van der Waals surface area contributed by atoms with Crippen molar-refractivity contribution >= 4 is 46.4 Å². The molecule has 1 unspecified atom stereocenters. The number of thiazole rings is 1. The second-order valence-corrected chi connectivity index (χ2v) is 12.4. The molecule has 1 aliphatic carbocycles. The van der Waals surface area contributed by atoms with Gasteiger partial charge >= 0.3 is 7.12 Å². The number of aromatic nitrogens is 2. The fraction of sp³-hybridized carbons (Fsp3) is 0.370. The van der Waals surface area contributed by atoms with E-state index in [1.807, 2.05) is 64.2 Å². The molecule has 2 aromatic heterocycles. The molecule has 4 heterocycles. The van der Waals surface area contributed by atoms with E-state index in [4.69, 9.17) is 25.6 Å². The summed E-state index contributed by atoms with van der Waals surface area (Å²) in [6, 6.07) is 11.0. The van der Waals surface area contributed by atoms with Crippen molar-refractivity contribution < 1.29 is 18.4 Å². The molecule has 36 heavy (non-hydrogen) atoms. The van der Waals surface area contributed by atoms with Crippen LogP contribution in [0.2, 0.25) is 5.02 Å². The van der Waals surface area contributed by atoms with E-state index in [-0.39, 0.29) is 5.82 Å². The SMILES string of the molecule is CC1(C)OB(c2cc(F)c3c(c2)OC(c2cnc(C4CC4)s2)n2c-3cc3cc(Cl)ccc32)OC1(C)C. The Morgan fingerprint density at radius 3 is 2.56 bits per heavy atom. The molecule has 2 fully saturated rings. The van der Waals surface area contributed by atoms with Crippen LogP contribution in [0.4, 0.5) is 4.39 Å². The van der Waals surface area contributed by atoms with E-state index in [2.05, 4.69) is 9.55 Å². The van der Waals surface area contributed by atoms with Gasteiger partial charge in [0.15, 0.2) is 0 Å². The Morgan fingerprint density at radius 1 is 1.08 bits per heavy atom. The van der Waals surface area contributed by atoms with Crippen LogP contribution in [0.5, 0.6) is 5.75 Å². The van der Waals surface area contributed by atoms with Crippen LogP contribution in [-0.2, 0) is 9.31 Å². The smallest absolute Gasteiger partial charge is 0.464 e. The summed E-state index contributed by atoms with van der Waals surface area (Å²) in [7, 11) is -0.687. The van der Waals surface area contributed by atoms with E-state index in [1.165, 1.54) is 18.9 Å². The van der Waals surface area contributed by atoms with E-state index in [9.17, 15) is 0 Å². The van der Waals surface area contributed by atoms with Gasteiger partial charge in [0.1, 0.15) is 11.6 Å². The minimum Gasteiger partial charge on any atom is -0.464 e. The third kappa shape index (κ3) is 3.38. The Kier molecular flexibility index (Phi) is 4.79. The Hall–Kier alpha value is -2.39. The van der Waals surface area contributed by atoms with Crippen molar-refractivity contribution in [2.75, 3.05) is 0 Å². The zero-order valence-corrected chi connectivity index (χ0v) is 22.0. The third-order valence-electron chi connectivity index (χ3n) is 7.84. The molecule has 9 heteroatoms. The lowest BCUT2D eigenvalue weighted by molar-refractivity contribution is 0.00578. The fourth-order valence-electron chi connectivity index (χ4n) is 5.00. The first kappa shape index (κ1) is 22.8. The first-order valence-electron chi connectivity index (χ1n) is 12.2. The van der Waals surface area contributed by atoms with Crippen LogP contribution in [0.1, 0.15) is 62.6 Å². The van der Waals surface area contributed by atoms with Crippen LogP contribution < -0.4 is 10.2 Å². The molecule has 0 amide bonds. The maximum absolute atomic E-state index is 15.9. The van der Waals surface area contributed by atoms with Gasteiger partial charge in [0.25, 0.3) is 0 Å². The first-order chi connectivity index (χ1) is 17.1. The summed E-state index contributed by atoms with van der Waals surface area (Å²) in [6.45, 7) is 7.94. The third-order valence-corrected chi connectivity index (χ3v) is 9.27. The largest absolute Gasteiger partial charge is 0.495 e. The van der Waals surface area contributed by atoms with Gasteiger partial charge in [-0.3, -0.25) is 4.57 Å². The highest BCUT2D eigenvalue weighted by Crippen LogP contribution is 2.48. The topological polar surface area (TPSA) is 45.5 Å². The average molecular weight is 523 g/mol. The summed E-state index contributed by atoms with van der Waals surface area (Å²) in [6.07, 6.45) is 3.79. The summed E-state index contributed by atoms with van der Waals surface area (Å²) < 4.78 is 36.9. The highest BCUT2D eigenvalue weighted by Gasteiger charge is 2.52. The van der Waals surface area contributed by atoms with Crippen LogP contribution in [0.25, 0.3) is 22.2 Å². The maximum atomic E-state index is 15.9. The van der Waals surface area contributed by atoms with Gasteiger partial charge in [-0.2, -0.15) is 0 Å². The normalized spacial score (nSPS) is 21.9. The van der Waals surface area contributed by atoms with Gasteiger partial charge in [0.2, 0.25) is 6.23 Å². The van der Waals surface area contributed by atoms with Gasteiger partial charge in [-0.1, -0.05) is 11.6 Å². The molecular weight excluding hydrogens is 498 g/mol. The van der Waals surface area contributed by atoms with Gasteiger partial charge in [0.05, 0.1) is 37.9 Å². The van der Waals surface area contributed by atoms with Crippen molar-refractivity contribution in [2.45, 2.75) is 63.9 Å². The maximum Gasteiger partial charge on any atom is 0.495 e. The lowest BCUT2D eigenvalue weighted by Gasteiger charge is -2.32. The first-order valence-corrected chi connectivity index (χ1v) is 13.4. The van der Waals surface area contributed by atoms with Gasteiger partial charge in [-0.25, -0.2) is 9.37 Å². The van der Waals surface area contributed by atoms with Crippen molar-refractivity contribution in [3.63, 3.8) is 0 Å². The monoisotopic (exact) mass is 522 g/mol. The molecule has 2 aromatic carbocycles. The molecule has 4 aromatic rings. The van der Waals surface area contributed by atoms with Crippen molar-refractivity contribution in [1.29, 1.82) is 0 Å². The van der Waals surface area contributed by atoms with Crippen LogP contribution in [0.3, 0.4) is 0 Å². The molecule has 7 rings (SSSR count). The van der Waals surface area contributed by atoms with E-state index in [1.54, 1.807) is 11.3 Å². The molecule has 2 aliphatic heterocycles. The fourth-order valence-corrected chi connectivity index (χ4v) is 6.29. The quantitative estimate of drug-likeness (QED) is 0.282.